The smallest absolute Gasteiger partial charge is 0.115 e. The predicted molar refractivity (Wildman–Crippen MR) is 82.7 cm³/mol. The Labute approximate surface area is 118 Å². The van der Waals surface area contributed by atoms with E-state index < -0.39 is 0 Å². The van der Waals surface area contributed by atoms with Gasteiger partial charge in [0.25, 0.3) is 0 Å². The van der Waals surface area contributed by atoms with Crippen molar-refractivity contribution in [2.24, 2.45) is 5.73 Å². The van der Waals surface area contributed by atoms with Crippen molar-refractivity contribution in [2.45, 2.75) is 12.5 Å². The van der Waals surface area contributed by atoms with Gasteiger partial charge in [0.2, 0.25) is 0 Å². The second kappa shape index (κ2) is 5.35. The third kappa shape index (κ3) is 2.51. The van der Waals surface area contributed by atoms with Crippen LogP contribution in [-0.2, 0) is 6.42 Å². The number of phenols is 1. The molecule has 3 aromatic rings. The molecule has 0 aliphatic carbocycles. The minimum Gasteiger partial charge on any atom is -0.508 e. The summed E-state index contributed by atoms with van der Waals surface area (Å²) in [7, 11) is 0. The fourth-order valence-corrected chi connectivity index (χ4v) is 2.62. The van der Waals surface area contributed by atoms with Gasteiger partial charge in [-0.15, -0.1) is 0 Å². The summed E-state index contributed by atoms with van der Waals surface area (Å²) in [5, 5.41) is 11.9. The fraction of sp³-hybridized carbons (Fsp3) is 0.111. The molecule has 0 fully saturated rings. The van der Waals surface area contributed by atoms with Crippen molar-refractivity contribution in [3.05, 3.63) is 77.9 Å². The van der Waals surface area contributed by atoms with Crippen LogP contribution >= 0.6 is 0 Å². The van der Waals surface area contributed by atoms with E-state index in [0.29, 0.717) is 6.42 Å². The van der Waals surface area contributed by atoms with Gasteiger partial charge in [0.15, 0.2) is 0 Å². The minimum atomic E-state index is -0.0806. The number of hydrogen-bond acceptors (Lipinski definition) is 2. The van der Waals surface area contributed by atoms with Gasteiger partial charge in [0.1, 0.15) is 5.75 Å². The van der Waals surface area contributed by atoms with Crippen LogP contribution in [0.3, 0.4) is 0 Å². The van der Waals surface area contributed by atoms with Crippen molar-refractivity contribution in [2.75, 3.05) is 0 Å². The molecule has 3 N–H and O–H groups in total. The van der Waals surface area contributed by atoms with E-state index in [0.717, 1.165) is 11.1 Å². The molecule has 2 nitrogen and oxygen atoms in total. The molecule has 0 heterocycles. The highest BCUT2D eigenvalue weighted by atomic mass is 16.3. The van der Waals surface area contributed by atoms with Crippen LogP contribution in [0.25, 0.3) is 10.8 Å². The fourth-order valence-electron chi connectivity index (χ4n) is 2.62. The average Bonchev–Trinajstić information content (AvgIpc) is 2.46. The van der Waals surface area contributed by atoms with Gasteiger partial charge in [0.05, 0.1) is 0 Å². The Kier molecular flexibility index (Phi) is 3.40. The number of fused-ring (bicyclic) bond motifs is 1. The van der Waals surface area contributed by atoms with Gasteiger partial charge in [-0.05, 0) is 40.5 Å². The maximum Gasteiger partial charge on any atom is 0.115 e. The summed E-state index contributed by atoms with van der Waals surface area (Å²) in [6.07, 6.45) is 0.711. The number of benzene rings is 3. The first-order chi connectivity index (χ1) is 9.74. The summed E-state index contributed by atoms with van der Waals surface area (Å²) in [5.41, 5.74) is 8.55. The largest absolute Gasteiger partial charge is 0.508 e. The number of hydrogen-bond donors (Lipinski definition) is 2. The number of nitrogens with two attached hydrogens (primary N) is 1. The molecule has 0 spiro atoms. The van der Waals surface area contributed by atoms with Crippen LogP contribution < -0.4 is 5.73 Å². The Hall–Kier alpha value is -2.32. The maximum atomic E-state index is 9.53. The molecule has 100 valence electrons. The number of aromatic hydroxyl groups is 1. The summed E-state index contributed by atoms with van der Waals surface area (Å²) in [4.78, 5) is 0. The zero-order chi connectivity index (χ0) is 13.9. The highest BCUT2D eigenvalue weighted by Gasteiger charge is 2.10. The van der Waals surface area contributed by atoms with Crippen LogP contribution in [0.1, 0.15) is 17.2 Å². The summed E-state index contributed by atoms with van der Waals surface area (Å²) >= 11 is 0. The van der Waals surface area contributed by atoms with Gasteiger partial charge >= 0.3 is 0 Å². The molecule has 20 heavy (non-hydrogen) atoms. The first-order valence-electron chi connectivity index (χ1n) is 6.75. The van der Waals surface area contributed by atoms with E-state index in [9.17, 15) is 5.11 Å². The van der Waals surface area contributed by atoms with Crippen molar-refractivity contribution in [1.29, 1.82) is 0 Å². The maximum absolute atomic E-state index is 9.53. The van der Waals surface area contributed by atoms with Crippen LogP contribution in [-0.4, -0.2) is 5.11 Å². The Morgan fingerprint density at radius 3 is 2.50 bits per heavy atom. The van der Waals surface area contributed by atoms with Crippen LogP contribution in [0, 0.1) is 0 Å². The quantitative estimate of drug-likeness (QED) is 0.755. The topological polar surface area (TPSA) is 46.2 Å². The lowest BCUT2D eigenvalue weighted by atomic mass is 9.95. The zero-order valence-electron chi connectivity index (χ0n) is 11.2. The summed E-state index contributed by atoms with van der Waals surface area (Å²) in [6, 6.07) is 21.7. The molecular formula is C18H17NO. The van der Waals surface area contributed by atoms with E-state index in [1.54, 1.807) is 12.1 Å². The summed E-state index contributed by atoms with van der Waals surface area (Å²) in [5.74, 6) is 0.285. The van der Waals surface area contributed by atoms with Gasteiger partial charge in [-0.2, -0.15) is 0 Å². The summed E-state index contributed by atoms with van der Waals surface area (Å²) in [6.45, 7) is 0. The molecule has 0 aliphatic rings. The van der Waals surface area contributed by atoms with Crippen LogP contribution in [0.2, 0.25) is 0 Å². The standard InChI is InChI=1S/C18H17NO/c19-18(12-13-5-3-8-15(20)11-13)17-10-4-7-14-6-1-2-9-16(14)17/h1-11,18,20H,12,19H2. The van der Waals surface area contributed by atoms with E-state index >= 15 is 0 Å². The van der Waals surface area contributed by atoms with E-state index in [1.165, 1.54) is 10.8 Å². The second-order valence-electron chi connectivity index (χ2n) is 5.05. The number of rotatable bonds is 3. The SMILES string of the molecule is NC(Cc1cccc(O)c1)c1cccc2ccccc12. The zero-order valence-corrected chi connectivity index (χ0v) is 11.2. The monoisotopic (exact) mass is 263 g/mol. The van der Waals surface area contributed by atoms with Crippen molar-refractivity contribution in [3.8, 4) is 5.75 Å². The van der Waals surface area contributed by atoms with Gasteiger partial charge in [-0.25, -0.2) is 0 Å². The van der Waals surface area contributed by atoms with Crippen LogP contribution in [0.15, 0.2) is 66.7 Å². The van der Waals surface area contributed by atoms with Crippen molar-refractivity contribution >= 4 is 10.8 Å². The Morgan fingerprint density at radius 1 is 0.900 bits per heavy atom. The second-order valence-corrected chi connectivity index (χ2v) is 5.05. The molecule has 3 rings (SSSR count). The van der Waals surface area contributed by atoms with E-state index in [-0.39, 0.29) is 11.8 Å². The summed E-state index contributed by atoms with van der Waals surface area (Å²) < 4.78 is 0. The molecule has 0 amide bonds. The Balaban J connectivity index is 1.94. The molecule has 1 atom stereocenters. The predicted octanol–water partition coefficient (Wildman–Crippen LogP) is 3.79. The molecule has 0 saturated carbocycles. The van der Waals surface area contributed by atoms with Crippen LogP contribution in [0.4, 0.5) is 0 Å². The molecule has 0 bridgehead atoms. The lowest BCUT2D eigenvalue weighted by Gasteiger charge is -2.15. The molecule has 0 radical (unpaired) electrons. The van der Waals surface area contributed by atoms with Crippen molar-refractivity contribution in [1.82, 2.24) is 0 Å². The molecular weight excluding hydrogens is 246 g/mol. The lowest BCUT2D eigenvalue weighted by Crippen LogP contribution is -2.13. The normalized spacial score (nSPS) is 12.4. The Morgan fingerprint density at radius 2 is 1.65 bits per heavy atom. The lowest BCUT2D eigenvalue weighted by molar-refractivity contribution is 0.474. The van der Waals surface area contributed by atoms with Crippen molar-refractivity contribution < 1.29 is 5.11 Å². The van der Waals surface area contributed by atoms with E-state index in [4.69, 9.17) is 5.73 Å². The Bertz CT molecular complexity index is 731. The van der Waals surface area contributed by atoms with Gasteiger partial charge in [-0.3, -0.25) is 0 Å². The van der Waals surface area contributed by atoms with E-state index in [1.807, 2.05) is 30.3 Å². The third-order valence-electron chi connectivity index (χ3n) is 3.59. The van der Waals surface area contributed by atoms with Crippen molar-refractivity contribution in [3.63, 3.8) is 0 Å². The molecule has 0 aliphatic heterocycles. The molecule has 3 aromatic carbocycles. The first-order valence-corrected chi connectivity index (χ1v) is 6.75. The molecule has 1 unspecified atom stereocenters. The van der Waals surface area contributed by atoms with Gasteiger partial charge < -0.3 is 10.8 Å². The molecule has 2 heteroatoms. The van der Waals surface area contributed by atoms with E-state index in [2.05, 4.69) is 24.3 Å². The average molecular weight is 263 g/mol. The van der Waals surface area contributed by atoms with Crippen LogP contribution in [0.5, 0.6) is 5.75 Å². The van der Waals surface area contributed by atoms with Gasteiger partial charge in [0, 0.05) is 6.04 Å². The number of phenolic OH excluding ortho intramolecular Hbond substituents is 1. The third-order valence-corrected chi connectivity index (χ3v) is 3.59. The minimum absolute atomic E-state index is 0.0806. The highest BCUT2D eigenvalue weighted by molar-refractivity contribution is 5.86. The first kappa shape index (κ1) is 12.7. The molecule has 0 saturated heterocycles. The molecule has 0 aromatic heterocycles. The van der Waals surface area contributed by atoms with Gasteiger partial charge in [-0.1, -0.05) is 54.6 Å². The highest BCUT2D eigenvalue weighted by Crippen LogP contribution is 2.25.